The lowest BCUT2D eigenvalue weighted by Gasteiger charge is -2.14. The highest BCUT2D eigenvalue weighted by molar-refractivity contribution is 5.46. The topological polar surface area (TPSA) is 51.2 Å². The Hall–Kier alpha value is -1.26. The van der Waals surface area contributed by atoms with Crippen molar-refractivity contribution < 1.29 is 19.3 Å². The van der Waals surface area contributed by atoms with Crippen LogP contribution in [0.15, 0.2) is 12.1 Å². The van der Waals surface area contributed by atoms with Crippen LogP contribution in [0.25, 0.3) is 0 Å². The number of aliphatic hydroxyl groups excluding tert-OH is 1. The SMILES string of the molecule is COc1cc(C)c(OC)c(CC[C@]2(C)O[C@H]2CO)c1. The van der Waals surface area contributed by atoms with Crippen molar-refractivity contribution in [3.8, 4) is 11.5 Å². The van der Waals surface area contributed by atoms with Gasteiger partial charge in [0.1, 0.15) is 17.6 Å². The fourth-order valence-corrected chi connectivity index (χ4v) is 2.53. The number of aliphatic hydroxyl groups is 1. The third kappa shape index (κ3) is 2.85. The third-order valence-electron chi connectivity index (χ3n) is 3.86. The molecule has 106 valence electrons. The van der Waals surface area contributed by atoms with Gasteiger partial charge in [-0.3, -0.25) is 0 Å². The lowest BCUT2D eigenvalue weighted by Crippen LogP contribution is -2.14. The van der Waals surface area contributed by atoms with Crippen LogP contribution >= 0.6 is 0 Å². The highest BCUT2D eigenvalue weighted by Crippen LogP contribution is 2.41. The highest BCUT2D eigenvalue weighted by Gasteiger charge is 2.51. The summed E-state index contributed by atoms with van der Waals surface area (Å²) in [4.78, 5) is 0. The molecule has 2 rings (SSSR count). The molecule has 1 saturated heterocycles. The van der Waals surface area contributed by atoms with Gasteiger partial charge in [0.2, 0.25) is 0 Å². The van der Waals surface area contributed by atoms with E-state index in [1.54, 1.807) is 14.2 Å². The molecule has 1 aromatic rings. The maximum absolute atomic E-state index is 9.10. The van der Waals surface area contributed by atoms with Gasteiger partial charge >= 0.3 is 0 Å². The van der Waals surface area contributed by atoms with Gasteiger partial charge < -0.3 is 19.3 Å². The molecular formula is C15H22O4. The molecule has 4 heteroatoms. The van der Waals surface area contributed by atoms with Gasteiger partial charge in [-0.15, -0.1) is 0 Å². The van der Waals surface area contributed by atoms with Crippen molar-refractivity contribution in [1.82, 2.24) is 0 Å². The molecule has 0 spiro atoms. The Morgan fingerprint density at radius 3 is 2.58 bits per heavy atom. The Morgan fingerprint density at radius 2 is 2.05 bits per heavy atom. The Labute approximate surface area is 114 Å². The second-order valence-electron chi connectivity index (χ2n) is 5.24. The Balaban J connectivity index is 2.13. The zero-order valence-electron chi connectivity index (χ0n) is 12.0. The van der Waals surface area contributed by atoms with E-state index in [4.69, 9.17) is 19.3 Å². The summed E-state index contributed by atoms with van der Waals surface area (Å²) in [6, 6.07) is 3.97. The first-order chi connectivity index (χ1) is 9.04. The zero-order chi connectivity index (χ0) is 14.0. The molecule has 1 N–H and O–H groups in total. The maximum atomic E-state index is 9.10. The number of aryl methyl sites for hydroxylation is 2. The second kappa shape index (κ2) is 5.39. The van der Waals surface area contributed by atoms with Crippen LogP contribution in [0.2, 0.25) is 0 Å². The van der Waals surface area contributed by atoms with Crippen molar-refractivity contribution in [2.45, 2.75) is 38.4 Å². The molecule has 1 heterocycles. The van der Waals surface area contributed by atoms with E-state index in [9.17, 15) is 0 Å². The lowest BCUT2D eigenvalue weighted by molar-refractivity contribution is 0.235. The van der Waals surface area contributed by atoms with Crippen molar-refractivity contribution in [3.05, 3.63) is 23.3 Å². The summed E-state index contributed by atoms with van der Waals surface area (Å²) in [5, 5.41) is 9.10. The summed E-state index contributed by atoms with van der Waals surface area (Å²) in [6.45, 7) is 4.13. The summed E-state index contributed by atoms with van der Waals surface area (Å²) < 4.78 is 16.3. The zero-order valence-corrected chi connectivity index (χ0v) is 12.0. The molecule has 0 bridgehead atoms. The van der Waals surface area contributed by atoms with Gasteiger partial charge in [-0.1, -0.05) is 0 Å². The first-order valence-corrected chi connectivity index (χ1v) is 6.54. The van der Waals surface area contributed by atoms with Crippen LogP contribution < -0.4 is 9.47 Å². The van der Waals surface area contributed by atoms with Crippen molar-refractivity contribution in [3.63, 3.8) is 0 Å². The minimum absolute atomic E-state index is 0.0230. The summed E-state index contributed by atoms with van der Waals surface area (Å²) in [5.41, 5.74) is 1.99. The molecule has 1 aliphatic heterocycles. The smallest absolute Gasteiger partial charge is 0.125 e. The summed E-state index contributed by atoms with van der Waals surface area (Å²) in [5.74, 6) is 1.75. The number of hydrogen-bond acceptors (Lipinski definition) is 4. The van der Waals surface area contributed by atoms with Crippen LogP contribution in [0.4, 0.5) is 0 Å². The van der Waals surface area contributed by atoms with Crippen LogP contribution in [0.3, 0.4) is 0 Å². The number of methoxy groups -OCH3 is 2. The molecule has 0 saturated carbocycles. The van der Waals surface area contributed by atoms with Crippen LogP contribution in [0.1, 0.15) is 24.5 Å². The minimum Gasteiger partial charge on any atom is -0.497 e. The molecule has 0 aromatic heterocycles. The van der Waals surface area contributed by atoms with E-state index in [2.05, 4.69) is 0 Å². The monoisotopic (exact) mass is 266 g/mol. The van der Waals surface area contributed by atoms with Gasteiger partial charge in [0.15, 0.2) is 0 Å². The van der Waals surface area contributed by atoms with Gasteiger partial charge in [-0.2, -0.15) is 0 Å². The summed E-state index contributed by atoms with van der Waals surface area (Å²) in [6.07, 6.45) is 1.68. The van der Waals surface area contributed by atoms with E-state index in [1.807, 2.05) is 26.0 Å². The first-order valence-electron chi connectivity index (χ1n) is 6.54. The standard InChI is InChI=1S/C15H22O4/c1-10-7-12(17-3)8-11(14(10)18-4)5-6-15(2)13(9-16)19-15/h7-8,13,16H,5-6,9H2,1-4H3/t13-,15-/m0/s1. The Bertz CT molecular complexity index is 458. The van der Waals surface area contributed by atoms with Crippen LogP contribution in [-0.2, 0) is 11.2 Å². The molecule has 0 radical (unpaired) electrons. The van der Waals surface area contributed by atoms with E-state index in [0.717, 1.165) is 35.5 Å². The highest BCUT2D eigenvalue weighted by atomic mass is 16.6. The Kier molecular flexibility index (Phi) is 4.02. The van der Waals surface area contributed by atoms with Gasteiger partial charge in [-0.05, 0) is 49.9 Å². The van der Waals surface area contributed by atoms with E-state index in [1.165, 1.54) is 0 Å². The molecule has 1 fully saturated rings. The van der Waals surface area contributed by atoms with Crippen LogP contribution in [0, 0.1) is 6.92 Å². The summed E-state index contributed by atoms with van der Waals surface area (Å²) >= 11 is 0. The van der Waals surface area contributed by atoms with Gasteiger partial charge in [-0.25, -0.2) is 0 Å². The molecule has 0 aliphatic carbocycles. The maximum Gasteiger partial charge on any atom is 0.125 e. The largest absolute Gasteiger partial charge is 0.497 e. The molecule has 0 unspecified atom stereocenters. The van der Waals surface area contributed by atoms with Gasteiger partial charge in [0.05, 0.1) is 26.4 Å². The quantitative estimate of drug-likeness (QED) is 0.801. The summed E-state index contributed by atoms with van der Waals surface area (Å²) in [7, 11) is 3.35. The van der Waals surface area contributed by atoms with Gasteiger partial charge in [0.25, 0.3) is 0 Å². The van der Waals surface area contributed by atoms with Gasteiger partial charge in [0, 0.05) is 0 Å². The second-order valence-corrected chi connectivity index (χ2v) is 5.24. The van der Waals surface area contributed by atoms with Crippen molar-refractivity contribution in [2.75, 3.05) is 20.8 Å². The van der Waals surface area contributed by atoms with Crippen LogP contribution in [-0.4, -0.2) is 37.6 Å². The molecule has 0 amide bonds. The Morgan fingerprint density at radius 1 is 1.32 bits per heavy atom. The van der Waals surface area contributed by atoms with Crippen molar-refractivity contribution >= 4 is 0 Å². The van der Waals surface area contributed by atoms with Crippen LogP contribution in [0.5, 0.6) is 11.5 Å². The average molecular weight is 266 g/mol. The van der Waals surface area contributed by atoms with Crippen molar-refractivity contribution in [1.29, 1.82) is 0 Å². The molecule has 19 heavy (non-hydrogen) atoms. The molecule has 1 aliphatic rings. The number of epoxide rings is 1. The minimum atomic E-state index is -0.198. The van der Waals surface area contributed by atoms with E-state index in [-0.39, 0.29) is 18.3 Å². The van der Waals surface area contributed by atoms with Crippen molar-refractivity contribution in [2.24, 2.45) is 0 Å². The number of benzene rings is 1. The normalized spacial score (nSPS) is 25.2. The average Bonchev–Trinajstić information content (AvgIpc) is 3.07. The van der Waals surface area contributed by atoms with E-state index in [0.29, 0.717) is 0 Å². The fourth-order valence-electron chi connectivity index (χ4n) is 2.53. The third-order valence-corrected chi connectivity index (χ3v) is 3.86. The predicted molar refractivity (Wildman–Crippen MR) is 73.0 cm³/mol. The molecular weight excluding hydrogens is 244 g/mol. The number of rotatable bonds is 6. The lowest BCUT2D eigenvalue weighted by atomic mass is 9.96. The first kappa shape index (κ1) is 14.2. The molecule has 1 aromatic carbocycles. The van der Waals surface area contributed by atoms with E-state index < -0.39 is 0 Å². The fraction of sp³-hybridized carbons (Fsp3) is 0.600. The van der Waals surface area contributed by atoms with E-state index >= 15 is 0 Å². The predicted octanol–water partition coefficient (Wildman–Crippen LogP) is 2.09. The molecule has 4 nitrogen and oxygen atoms in total. The number of hydrogen-bond donors (Lipinski definition) is 1. The molecule has 2 atom stereocenters. The number of ether oxygens (including phenoxy) is 3.